The summed E-state index contributed by atoms with van der Waals surface area (Å²) in [6.07, 6.45) is 1.20. The molecule has 4 nitrogen and oxygen atoms in total. The fraction of sp³-hybridized carbons (Fsp3) is 0.438. The third-order valence-corrected chi connectivity index (χ3v) is 3.58. The van der Waals surface area contributed by atoms with Crippen molar-refractivity contribution in [3.05, 3.63) is 47.0 Å². The monoisotopic (exact) mass is 274 g/mol. The number of aliphatic hydroxyl groups excluding tert-OH is 1. The summed E-state index contributed by atoms with van der Waals surface area (Å²) in [5.74, 6) is 0.866. The predicted molar refractivity (Wildman–Crippen MR) is 79.1 cm³/mol. The molecule has 0 bridgehead atoms. The lowest BCUT2D eigenvalue weighted by molar-refractivity contribution is 0.0913. The van der Waals surface area contributed by atoms with Gasteiger partial charge in [0.2, 0.25) is 0 Å². The van der Waals surface area contributed by atoms with Gasteiger partial charge in [-0.3, -0.25) is 0 Å². The number of benzene rings is 1. The maximum Gasteiger partial charge on any atom is 0.125 e. The van der Waals surface area contributed by atoms with Gasteiger partial charge in [0.15, 0.2) is 0 Å². The molecule has 1 unspecified atom stereocenters. The molecular formula is C16H22N2O2. The number of hydrogen-bond donors (Lipinski definition) is 1. The lowest BCUT2D eigenvalue weighted by Crippen LogP contribution is -2.24. The molecule has 20 heavy (non-hydrogen) atoms. The van der Waals surface area contributed by atoms with Gasteiger partial charge < -0.3 is 14.4 Å². The molecule has 1 heterocycles. The van der Waals surface area contributed by atoms with Crippen molar-refractivity contribution >= 4 is 0 Å². The number of ether oxygens (including phenoxy) is 1. The van der Waals surface area contributed by atoms with E-state index >= 15 is 0 Å². The minimum Gasteiger partial charge on any atom is -0.490 e. The number of hydrogen-bond acceptors (Lipinski definition) is 3. The normalized spacial score (nSPS) is 12.4. The van der Waals surface area contributed by atoms with Crippen LogP contribution in [-0.4, -0.2) is 27.4 Å². The lowest BCUT2D eigenvalue weighted by atomic mass is 10.1. The quantitative estimate of drug-likeness (QED) is 0.911. The Morgan fingerprint density at radius 3 is 2.40 bits per heavy atom. The molecular weight excluding hydrogens is 252 g/mol. The minimum absolute atomic E-state index is 0.280. The van der Waals surface area contributed by atoms with Gasteiger partial charge in [-0.15, -0.1) is 0 Å². The van der Waals surface area contributed by atoms with Gasteiger partial charge in [-0.05, 0) is 38.8 Å². The first-order chi connectivity index (χ1) is 9.49. The molecule has 1 atom stereocenters. The second kappa shape index (κ2) is 6.09. The largest absolute Gasteiger partial charge is 0.490 e. The van der Waals surface area contributed by atoms with Gasteiger partial charge in [0.05, 0.1) is 18.6 Å². The summed E-state index contributed by atoms with van der Waals surface area (Å²) < 4.78 is 7.72. The van der Waals surface area contributed by atoms with Gasteiger partial charge in [0, 0.05) is 5.69 Å². The van der Waals surface area contributed by atoms with Gasteiger partial charge in [-0.2, -0.15) is 0 Å². The Kier molecular flexibility index (Phi) is 4.45. The van der Waals surface area contributed by atoms with Gasteiger partial charge in [0.25, 0.3) is 0 Å². The zero-order valence-corrected chi connectivity index (χ0v) is 12.6. The highest BCUT2D eigenvalue weighted by Gasteiger charge is 2.11. The van der Waals surface area contributed by atoms with Crippen LogP contribution in [0.1, 0.15) is 22.5 Å². The van der Waals surface area contributed by atoms with Crippen molar-refractivity contribution in [3.63, 3.8) is 0 Å². The molecule has 0 aliphatic heterocycles. The second-order valence-electron chi connectivity index (χ2n) is 5.25. The molecule has 1 aromatic carbocycles. The summed E-state index contributed by atoms with van der Waals surface area (Å²) in [6, 6.07) is 6.03. The van der Waals surface area contributed by atoms with Crippen LogP contribution in [0.2, 0.25) is 0 Å². The summed E-state index contributed by atoms with van der Waals surface area (Å²) >= 11 is 0. The van der Waals surface area contributed by atoms with Crippen LogP contribution in [0.5, 0.6) is 5.75 Å². The minimum atomic E-state index is -0.554. The fourth-order valence-electron chi connectivity index (χ4n) is 2.21. The lowest BCUT2D eigenvalue weighted by Gasteiger charge is -2.16. The van der Waals surface area contributed by atoms with E-state index in [4.69, 9.17) is 4.74 Å². The first-order valence-electron chi connectivity index (χ1n) is 6.84. The average Bonchev–Trinajstić information content (AvgIpc) is 2.70. The Hall–Kier alpha value is -1.81. The van der Waals surface area contributed by atoms with Crippen molar-refractivity contribution in [1.82, 2.24) is 9.55 Å². The zero-order chi connectivity index (χ0) is 14.7. The molecule has 108 valence electrons. The maximum atomic E-state index is 10.1. The number of imidazole rings is 1. The van der Waals surface area contributed by atoms with Crippen LogP contribution in [0.15, 0.2) is 24.5 Å². The molecule has 0 spiro atoms. The Balaban J connectivity index is 1.96. The maximum absolute atomic E-state index is 10.1. The van der Waals surface area contributed by atoms with Crippen LogP contribution < -0.4 is 4.74 Å². The summed E-state index contributed by atoms with van der Waals surface area (Å²) in [5.41, 5.74) is 4.25. The van der Waals surface area contributed by atoms with E-state index in [1.165, 1.54) is 0 Å². The van der Waals surface area contributed by atoms with E-state index in [1.807, 2.05) is 50.5 Å². The van der Waals surface area contributed by atoms with Crippen LogP contribution >= 0.6 is 0 Å². The van der Waals surface area contributed by atoms with E-state index < -0.39 is 6.10 Å². The van der Waals surface area contributed by atoms with Crippen LogP contribution in [-0.2, 0) is 6.54 Å². The van der Waals surface area contributed by atoms with Crippen molar-refractivity contribution in [1.29, 1.82) is 0 Å². The van der Waals surface area contributed by atoms with Gasteiger partial charge in [0.1, 0.15) is 18.5 Å². The number of para-hydroxylation sites is 1. The summed E-state index contributed by atoms with van der Waals surface area (Å²) in [6.45, 7) is 8.77. The third kappa shape index (κ3) is 3.20. The first-order valence-corrected chi connectivity index (χ1v) is 6.84. The SMILES string of the molecule is Cc1cccc(C)c1OCC(O)Cn1cnc(C)c1C. The van der Waals surface area contributed by atoms with Gasteiger partial charge >= 0.3 is 0 Å². The van der Waals surface area contributed by atoms with Crippen molar-refractivity contribution in [2.75, 3.05) is 6.61 Å². The van der Waals surface area contributed by atoms with E-state index in [-0.39, 0.29) is 6.61 Å². The van der Waals surface area contributed by atoms with Crippen molar-refractivity contribution in [2.45, 2.75) is 40.3 Å². The standard InChI is InChI=1S/C16H22N2O2/c1-11-6-5-7-12(2)16(11)20-9-15(19)8-18-10-17-13(3)14(18)4/h5-7,10,15,19H,8-9H2,1-4H3. The van der Waals surface area contributed by atoms with E-state index in [2.05, 4.69) is 4.98 Å². The van der Waals surface area contributed by atoms with Crippen molar-refractivity contribution < 1.29 is 9.84 Å². The molecule has 0 saturated carbocycles. The van der Waals surface area contributed by atoms with Crippen LogP contribution in [0.4, 0.5) is 0 Å². The molecule has 0 aliphatic rings. The van der Waals surface area contributed by atoms with E-state index in [9.17, 15) is 5.11 Å². The van der Waals surface area contributed by atoms with Crippen LogP contribution in [0.25, 0.3) is 0 Å². The summed E-state index contributed by atoms with van der Waals surface area (Å²) in [4.78, 5) is 4.23. The molecule has 0 fully saturated rings. The number of nitrogens with zero attached hydrogens (tertiary/aromatic N) is 2. The molecule has 0 radical (unpaired) electrons. The second-order valence-corrected chi connectivity index (χ2v) is 5.25. The highest BCUT2D eigenvalue weighted by molar-refractivity contribution is 5.39. The molecule has 1 aromatic heterocycles. The highest BCUT2D eigenvalue weighted by atomic mass is 16.5. The first kappa shape index (κ1) is 14.6. The Labute approximate surface area is 120 Å². The number of aromatic nitrogens is 2. The molecule has 0 aliphatic carbocycles. The number of aryl methyl sites for hydroxylation is 3. The Bertz CT molecular complexity index is 570. The molecule has 1 N–H and O–H groups in total. The Morgan fingerprint density at radius 2 is 1.85 bits per heavy atom. The smallest absolute Gasteiger partial charge is 0.125 e. The molecule has 2 rings (SSSR count). The molecule has 2 aromatic rings. The van der Waals surface area contributed by atoms with Crippen molar-refractivity contribution in [3.8, 4) is 5.75 Å². The number of aliphatic hydroxyl groups is 1. The average molecular weight is 274 g/mol. The van der Waals surface area contributed by atoms with Crippen molar-refractivity contribution in [2.24, 2.45) is 0 Å². The zero-order valence-electron chi connectivity index (χ0n) is 12.6. The Morgan fingerprint density at radius 1 is 1.20 bits per heavy atom. The summed E-state index contributed by atoms with van der Waals surface area (Å²) in [5, 5.41) is 10.1. The fourth-order valence-corrected chi connectivity index (χ4v) is 2.21. The van der Waals surface area contributed by atoms with Gasteiger partial charge in [-0.1, -0.05) is 18.2 Å². The van der Waals surface area contributed by atoms with E-state index in [1.54, 1.807) is 6.33 Å². The van der Waals surface area contributed by atoms with E-state index in [0.29, 0.717) is 6.54 Å². The van der Waals surface area contributed by atoms with E-state index in [0.717, 1.165) is 28.3 Å². The van der Waals surface area contributed by atoms with Gasteiger partial charge in [-0.25, -0.2) is 4.98 Å². The molecule has 0 saturated heterocycles. The third-order valence-electron chi connectivity index (χ3n) is 3.58. The predicted octanol–water partition coefficient (Wildman–Crippen LogP) is 2.56. The topological polar surface area (TPSA) is 47.3 Å². The van der Waals surface area contributed by atoms with Crippen LogP contribution in [0, 0.1) is 27.7 Å². The number of rotatable bonds is 5. The van der Waals surface area contributed by atoms with Crippen LogP contribution in [0.3, 0.4) is 0 Å². The highest BCUT2D eigenvalue weighted by Crippen LogP contribution is 2.22. The molecule has 0 amide bonds. The molecule has 4 heteroatoms. The summed E-state index contributed by atoms with van der Waals surface area (Å²) in [7, 11) is 0.